The van der Waals surface area contributed by atoms with Gasteiger partial charge in [-0.2, -0.15) is 0 Å². The van der Waals surface area contributed by atoms with Gasteiger partial charge in [-0.25, -0.2) is 27.0 Å². The van der Waals surface area contributed by atoms with Gasteiger partial charge in [-0.1, -0.05) is 35.5 Å². The highest BCUT2D eigenvalue weighted by Crippen LogP contribution is 2.41. The molecular formula is C25H22BrF4N3O6. The summed E-state index contributed by atoms with van der Waals surface area (Å²) in [5, 5.41) is 8.12. The molecule has 14 heteroatoms. The van der Waals surface area contributed by atoms with Gasteiger partial charge in [0.05, 0.1) is 24.4 Å². The van der Waals surface area contributed by atoms with E-state index in [0.29, 0.717) is 5.56 Å². The van der Waals surface area contributed by atoms with Gasteiger partial charge in [0.25, 0.3) is 6.43 Å². The number of methoxy groups -OCH3 is 1. The molecule has 2 fully saturated rings. The largest absolute Gasteiger partial charge is 0.467 e. The van der Waals surface area contributed by atoms with Crippen molar-refractivity contribution < 1.29 is 46.0 Å². The topological polar surface area (TPSA) is 93.9 Å². The fourth-order valence-electron chi connectivity index (χ4n) is 4.62. The number of esters is 1. The maximum absolute atomic E-state index is 14.2. The molecule has 9 nitrogen and oxygen atoms in total. The molecule has 5 rings (SSSR count). The summed E-state index contributed by atoms with van der Waals surface area (Å²) in [4.78, 5) is 12.7. The Morgan fingerprint density at radius 2 is 1.90 bits per heavy atom. The molecule has 3 aromatic rings. The van der Waals surface area contributed by atoms with E-state index in [4.69, 9.17) is 23.7 Å². The van der Waals surface area contributed by atoms with Gasteiger partial charge in [-0.15, -0.1) is 5.10 Å². The molecule has 1 aromatic heterocycles. The monoisotopic (exact) mass is 615 g/mol. The van der Waals surface area contributed by atoms with Crippen LogP contribution in [0.4, 0.5) is 17.6 Å². The van der Waals surface area contributed by atoms with Crippen molar-refractivity contribution in [1.82, 2.24) is 15.0 Å². The van der Waals surface area contributed by atoms with Crippen LogP contribution in [-0.2, 0) is 28.5 Å². The molecule has 1 unspecified atom stereocenters. The molecular weight excluding hydrogens is 594 g/mol. The van der Waals surface area contributed by atoms with Crippen LogP contribution >= 0.6 is 15.9 Å². The van der Waals surface area contributed by atoms with Crippen LogP contribution in [-0.4, -0.2) is 72.1 Å². The van der Waals surface area contributed by atoms with Crippen molar-refractivity contribution in [3.8, 4) is 11.3 Å². The summed E-state index contributed by atoms with van der Waals surface area (Å²) in [6, 6.07) is 10.1. The lowest BCUT2D eigenvalue weighted by Crippen LogP contribution is -2.62. The molecule has 2 aliphatic rings. The molecule has 2 aromatic carbocycles. The van der Waals surface area contributed by atoms with Gasteiger partial charge in [0.2, 0.25) is 0 Å². The zero-order valence-corrected chi connectivity index (χ0v) is 21.8. The lowest BCUT2D eigenvalue weighted by atomic mass is 9.91. The average molecular weight is 616 g/mol. The van der Waals surface area contributed by atoms with Crippen LogP contribution < -0.4 is 0 Å². The lowest BCUT2D eigenvalue weighted by molar-refractivity contribution is -0.319. The third kappa shape index (κ3) is 5.70. The quantitative estimate of drug-likeness (QED) is 0.221. The van der Waals surface area contributed by atoms with E-state index >= 15 is 0 Å². The number of carbonyl (C=O) groups is 1. The van der Waals surface area contributed by atoms with Gasteiger partial charge in [0.1, 0.15) is 48.3 Å². The van der Waals surface area contributed by atoms with Crippen LogP contribution in [0.1, 0.15) is 17.9 Å². The third-order valence-corrected chi connectivity index (χ3v) is 7.12. The zero-order valence-electron chi connectivity index (χ0n) is 20.3. The van der Waals surface area contributed by atoms with Crippen LogP contribution in [0.2, 0.25) is 0 Å². The first kappa shape index (κ1) is 27.6. The van der Waals surface area contributed by atoms with Gasteiger partial charge in [0, 0.05) is 11.1 Å². The number of carbonyl (C=O) groups excluding carboxylic acids is 1. The first-order valence-electron chi connectivity index (χ1n) is 11.8. The number of aromatic nitrogens is 3. The molecule has 0 radical (unpaired) electrons. The van der Waals surface area contributed by atoms with Crippen molar-refractivity contribution in [2.75, 3.05) is 20.3 Å². The molecule has 2 aliphatic heterocycles. The van der Waals surface area contributed by atoms with Crippen LogP contribution in [0.5, 0.6) is 0 Å². The summed E-state index contributed by atoms with van der Waals surface area (Å²) < 4.78 is 84.1. The maximum Gasteiger partial charge on any atom is 0.337 e. The first-order chi connectivity index (χ1) is 18.8. The standard InChI is InChI=1S/C25H22BrF4N3O6/c1-35-24(34)23-22(36-11-18(29)30)20(21-17(38-23)10-37-25(39-21)12-5-3-2-4-6-12)33-9-16(31-32-33)13-7-14(27)19(26)15(28)8-13/h2-9,17-18,20-23,25H,10-11H2,1H3/t17-,20+,21+,22-,23-,25?/m1/s1. The molecule has 0 saturated carbocycles. The fraction of sp³-hybridized carbons (Fsp3) is 0.400. The van der Waals surface area contributed by atoms with Crippen LogP contribution in [0.3, 0.4) is 0 Å². The summed E-state index contributed by atoms with van der Waals surface area (Å²) in [6.45, 7) is -1.03. The summed E-state index contributed by atoms with van der Waals surface area (Å²) in [6.07, 6.45) is -6.89. The van der Waals surface area contributed by atoms with E-state index in [1.54, 1.807) is 24.3 Å². The Morgan fingerprint density at radius 1 is 1.18 bits per heavy atom. The fourth-order valence-corrected chi connectivity index (χ4v) is 4.84. The Morgan fingerprint density at radius 3 is 2.56 bits per heavy atom. The van der Waals surface area contributed by atoms with Crippen molar-refractivity contribution in [2.45, 2.75) is 43.2 Å². The average Bonchev–Trinajstić information content (AvgIpc) is 3.43. The van der Waals surface area contributed by atoms with Crippen molar-refractivity contribution >= 4 is 21.9 Å². The number of ether oxygens (including phenoxy) is 5. The molecule has 3 heterocycles. The van der Waals surface area contributed by atoms with Gasteiger partial charge in [-0.3, -0.25) is 0 Å². The molecule has 208 valence electrons. The number of nitrogens with zero attached hydrogens (tertiary/aromatic N) is 3. The predicted molar refractivity (Wildman–Crippen MR) is 129 cm³/mol. The smallest absolute Gasteiger partial charge is 0.337 e. The lowest BCUT2D eigenvalue weighted by Gasteiger charge is -2.48. The molecule has 2 saturated heterocycles. The number of fused-ring (bicyclic) bond motifs is 1. The minimum atomic E-state index is -2.85. The second kappa shape index (κ2) is 11.7. The minimum Gasteiger partial charge on any atom is -0.467 e. The zero-order chi connectivity index (χ0) is 27.7. The number of hydrogen-bond donors (Lipinski definition) is 0. The summed E-state index contributed by atoms with van der Waals surface area (Å²) in [7, 11) is 1.13. The highest BCUT2D eigenvalue weighted by atomic mass is 79.9. The van der Waals surface area contributed by atoms with Crippen LogP contribution in [0, 0.1) is 11.6 Å². The third-order valence-electron chi connectivity index (χ3n) is 6.37. The summed E-state index contributed by atoms with van der Waals surface area (Å²) >= 11 is 2.83. The SMILES string of the molecule is COC(=O)[C@@H]1O[C@@H]2COC(c3ccccc3)O[C@@H]2[C@H](n2cc(-c3cc(F)c(Br)c(F)c3)nn2)[C@H]1OCC(F)F. The summed E-state index contributed by atoms with van der Waals surface area (Å²) in [5.74, 6) is -2.57. The number of benzene rings is 2. The van der Waals surface area contributed by atoms with Crippen molar-refractivity contribution in [3.05, 3.63) is 70.3 Å². The second-order valence-electron chi connectivity index (χ2n) is 8.81. The van der Waals surface area contributed by atoms with Crippen LogP contribution in [0.25, 0.3) is 11.3 Å². The Labute approximate surface area is 228 Å². The molecule has 6 atom stereocenters. The number of hydrogen-bond acceptors (Lipinski definition) is 8. The highest BCUT2D eigenvalue weighted by molar-refractivity contribution is 9.10. The van der Waals surface area contributed by atoms with E-state index < -0.39 is 67.4 Å². The Kier molecular flexibility index (Phi) is 8.28. The highest BCUT2D eigenvalue weighted by Gasteiger charge is 2.54. The molecule has 0 amide bonds. The van der Waals surface area contributed by atoms with Gasteiger partial charge < -0.3 is 23.7 Å². The van der Waals surface area contributed by atoms with E-state index in [2.05, 4.69) is 26.2 Å². The van der Waals surface area contributed by atoms with Crippen molar-refractivity contribution in [2.24, 2.45) is 0 Å². The van der Waals surface area contributed by atoms with Gasteiger partial charge in [-0.05, 0) is 28.1 Å². The number of alkyl halides is 2. The molecule has 0 aliphatic carbocycles. The van der Waals surface area contributed by atoms with E-state index in [0.717, 1.165) is 19.2 Å². The van der Waals surface area contributed by atoms with Gasteiger partial charge in [0.15, 0.2) is 12.4 Å². The molecule has 0 bridgehead atoms. The van der Waals surface area contributed by atoms with E-state index in [1.165, 1.54) is 10.9 Å². The van der Waals surface area contributed by atoms with Gasteiger partial charge >= 0.3 is 5.97 Å². The Hall–Kier alpha value is -2.91. The van der Waals surface area contributed by atoms with E-state index in [9.17, 15) is 22.4 Å². The van der Waals surface area contributed by atoms with Crippen molar-refractivity contribution in [3.63, 3.8) is 0 Å². The van der Waals surface area contributed by atoms with E-state index in [-0.39, 0.29) is 22.3 Å². The number of halogens is 5. The molecule has 0 spiro atoms. The van der Waals surface area contributed by atoms with Crippen molar-refractivity contribution in [1.29, 1.82) is 0 Å². The predicted octanol–water partition coefficient (Wildman–Crippen LogP) is 4.23. The van der Waals surface area contributed by atoms with Crippen LogP contribution in [0.15, 0.2) is 53.1 Å². The minimum absolute atomic E-state index is 0.0134. The normalized spacial score (nSPS) is 26.8. The van der Waals surface area contributed by atoms with E-state index in [1.807, 2.05) is 6.07 Å². The Balaban J connectivity index is 1.55. The number of rotatable bonds is 7. The molecule has 39 heavy (non-hydrogen) atoms. The first-order valence-corrected chi connectivity index (χ1v) is 12.6. The molecule has 0 N–H and O–H groups in total. The second-order valence-corrected chi connectivity index (χ2v) is 9.61. The Bertz CT molecular complexity index is 1290. The summed E-state index contributed by atoms with van der Waals surface area (Å²) in [5.41, 5.74) is 0.847. The maximum atomic E-state index is 14.2.